The lowest BCUT2D eigenvalue weighted by atomic mass is 9.83. The molecule has 0 saturated carbocycles. The van der Waals surface area contributed by atoms with Crippen LogP contribution in [0.15, 0.2) is 85.3 Å². The summed E-state index contributed by atoms with van der Waals surface area (Å²) in [4.78, 5) is 8.74. The van der Waals surface area contributed by atoms with Gasteiger partial charge in [-0.15, -0.1) is 0 Å². The molecule has 0 radical (unpaired) electrons. The Bertz CT molecular complexity index is 1490. The van der Waals surface area contributed by atoms with E-state index in [-0.39, 0.29) is 5.15 Å². The van der Waals surface area contributed by atoms with Gasteiger partial charge >= 0.3 is 0 Å². The molecule has 0 aliphatic carbocycles. The standard InChI is InChI=1S/C26H19Cl3N4O/c1-33-15-30-14-22(33)26(34,16-7-10-18(27)11-8-16)17-9-12-21-20(13-17)23(28)24(25(29)32-21)31-19-5-3-2-4-6-19/h2-15,31,34H,1H3. The van der Waals surface area contributed by atoms with E-state index in [9.17, 15) is 5.11 Å². The summed E-state index contributed by atoms with van der Waals surface area (Å²) in [6.07, 6.45) is 3.29. The maximum Gasteiger partial charge on any atom is 0.156 e. The molecule has 170 valence electrons. The van der Waals surface area contributed by atoms with Crippen LogP contribution in [-0.2, 0) is 12.6 Å². The van der Waals surface area contributed by atoms with Crippen molar-refractivity contribution in [3.8, 4) is 0 Å². The number of hydrogen-bond acceptors (Lipinski definition) is 4. The molecule has 0 bridgehead atoms. The number of para-hydroxylation sites is 1. The Balaban J connectivity index is 1.71. The van der Waals surface area contributed by atoms with Crippen molar-refractivity contribution in [3.63, 3.8) is 0 Å². The summed E-state index contributed by atoms with van der Waals surface area (Å²) < 4.78 is 1.78. The number of nitrogens with one attached hydrogen (secondary N) is 1. The molecule has 0 spiro atoms. The quantitative estimate of drug-likeness (QED) is 0.251. The van der Waals surface area contributed by atoms with Crippen molar-refractivity contribution in [1.82, 2.24) is 14.5 Å². The van der Waals surface area contributed by atoms with E-state index in [2.05, 4.69) is 15.3 Å². The van der Waals surface area contributed by atoms with E-state index in [1.165, 1.54) is 0 Å². The predicted molar refractivity (Wildman–Crippen MR) is 138 cm³/mol. The highest BCUT2D eigenvalue weighted by Crippen LogP contribution is 2.41. The zero-order valence-electron chi connectivity index (χ0n) is 18.0. The van der Waals surface area contributed by atoms with Crippen LogP contribution >= 0.6 is 34.8 Å². The number of fused-ring (bicyclic) bond motifs is 1. The number of rotatable bonds is 5. The minimum absolute atomic E-state index is 0.258. The number of aromatic nitrogens is 3. The minimum Gasteiger partial charge on any atom is -0.374 e. The third-order valence-corrected chi connectivity index (χ3v) is 6.71. The van der Waals surface area contributed by atoms with Gasteiger partial charge in [-0.25, -0.2) is 9.97 Å². The van der Waals surface area contributed by atoms with Crippen molar-refractivity contribution in [1.29, 1.82) is 0 Å². The second kappa shape index (κ2) is 8.93. The molecule has 1 unspecified atom stereocenters. The Morgan fingerprint density at radius 1 is 0.912 bits per heavy atom. The van der Waals surface area contributed by atoms with Gasteiger partial charge in [-0.2, -0.15) is 0 Å². The Labute approximate surface area is 211 Å². The first-order valence-corrected chi connectivity index (χ1v) is 11.6. The number of pyridine rings is 1. The Morgan fingerprint density at radius 3 is 2.29 bits per heavy atom. The number of nitrogens with zero attached hydrogens (tertiary/aromatic N) is 3. The molecule has 1 atom stereocenters. The molecular weight excluding hydrogens is 491 g/mol. The number of imidazole rings is 1. The van der Waals surface area contributed by atoms with Crippen LogP contribution in [0.25, 0.3) is 10.9 Å². The molecule has 2 N–H and O–H groups in total. The second-order valence-corrected chi connectivity index (χ2v) is 9.09. The van der Waals surface area contributed by atoms with E-state index in [1.54, 1.807) is 47.4 Å². The molecule has 8 heteroatoms. The van der Waals surface area contributed by atoms with E-state index in [4.69, 9.17) is 34.8 Å². The summed E-state index contributed by atoms with van der Waals surface area (Å²) in [6, 6.07) is 22.1. The van der Waals surface area contributed by atoms with Crippen LogP contribution in [0, 0.1) is 0 Å². The Morgan fingerprint density at radius 2 is 1.62 bits per heavy atom. The van der Waals surface area contributed by atoms with Crippen LogP contribution < -0.4 is 5.32 Å². The van der Waals surface area contributed by atoms with Gasteiger partial charge in [0.05, 0.1) is 34.4 Å². The molecule has 0 fully saturated rings. The molecule has 0 amide bonds. The van der Waals surface area contributed by atoms with Gasteiger partial charge in [0.1, 0.15) is 0 Å². The normalized spacial score (nSPS) is 13.1. The van der Waals surface area contributed by atoms with Crippen molar-refractivity contribution in [2.45, 2.75) is 5.60 Å². The largest absolute Gasteiger partial charge is 0.374 e. The fourth-order valence-electron chi connectivity index (χ4n) is 4.05. The first kappa shape index (κ1) is 22.7. The number of benzene rings is 3. The molecule has 34 heavy (non-hydrogen) atoms. The van der Waals surface area contributed by atoms with Crippen molar-refractivity contribution < 1.29 is 5.11 Å². The number of hydrogen-bond donors (Lipinski definition) is 2. The SMILES string of the molecule is Cn1cncc1C(O)(c1ccc(Cl)cc1)c1ccc2nc(Cl)c(Nc3ccccc3)c(Cl)c2c1. The van der Waals surface area contributed by atoms with E-state index >= 15 is 0 Å². The first-order valence-electron chi connectivity index (χ1n) is 10.4. The molecule has 5 rings (SSSR count). The molecule has 0 saturated heterocycles. The monoisotopic (exact) mass is 508 g/mol. The molecule has 5 nitrogen and oxygen atoms in total. The van der Waals surface area contributed by atoms with Crippen molar-refractivity contribution in [2.24, 2.45) is 7.05 Å². The summed E-state index contributed by atoms with van der Waals surface area (Å²) in [5, 5.41) is 17.3. The number of anilines is 2. The average molecular weight is 510 g/mol. The fraction of sp³-hybridized carbons (Fsp3) is 0.0769. The summed E-state index contributed by atoms with van der Waals surface area (Å²) >= 11 is 19.4. The molecule has 2 heterocycles. The van der Waals surface area contributed by atoms with Crippen molar-refractivity contribution in [2.75, 3.05) is 5.32 Å². The number of halogens is 3. The third kappa shape index (κ3) is 3.91. The van der Waals surface area contributed by atoms with E-state index in [0.717, 1.165) is 5.69 Å². The van der Waals surface area contributed by atoms with Crippen molar-refractivity contribution in [3.05, 3.63) is 117 Å². The summed E-state index contributed by atoms with van der Waals surface area (Å²) in [7, 11) is 1.83. The van der Waals surface area contributed by atoms with Crippen molar-refractivity contribution >= 4 is 57.1 Å². The van der Waals surface area contributed by atoms with Gasteiger partial charge in [0.15, 0.2) is 10.8 Å². The molecule has 2 aromatic heterocycles. The number of aryl methyl sites for hydroxylation is 1. The zero-order chi connectivity index (χ0) is 23.9. The maximum absolute atomic E-state index is 12.2. The Kier molecular flexibility index (Phi) is 5.96. The third-order valence-electron chi connectivity index (χ3n) is 5.79. The van der Waals surface area contributed by atoms with Crippen LogP contribution in [0.5, 0.6) is 0 Å². The average Bonchev–Trinajstić information content (AvgIpc) is 3.28. The van der Waals surface area contributed by atoms with Crippen LogP contribution in [0.3, 0.4) is 0 Å². The van der Waals surface area contributed by atoms with Crippen LogP contribution in [0.2, 0.25) is 15.2 Å². The number of aliphatic hydroxyl groups is 1. The van der Waals surface area contributed by atoms with E-state index in [1.807, 2.05) is 49.5 Å². The topological polar surface area (TPSA) is 63.0 Å². The molecule has 3 aromatic carbocycles. The summed E-state index contributed by atoms with van der Waals surface area (Å²) in [6.45, 7) is 0. The summed E-state index contributed by atoms with van der Waals surface area (Å²) in [5.41, 5.74) is 2.25. The molecule has 5 aromatic rings. The second-order valence-electron chi connectivity index (χ2n) is 7.92. The van der Waals surface area contributed by atoms with Crippen LogP contribution in [-0.4, -0.2) is 19.6 Å². The van der Waals surface area contributed by atoms with Gasteiger partial charge in [-0.1, -0.05) is 71.2 Å². The molecular formula is C26H19Cl3N4O. The summed E-state index contributed by atoms with van der Waals surface area (Å²) in [5.74, 6) is 0. The predicted octanol–water partition coefficient (Wildman–Crippen LogP) is 6.96. The minimum atomic E-state index is -1.51. The smallest absolute Gasteiger partial charge is 0.156 e. The van der Waals surface area contributed by atoms with Gasteiger partial charge in [-0.05, 0) is 47.5 Å². The van der Waals surface area contributed by atoms with E-state index < -0.39 is 5.60 Å². The van der Waals surface area contributed by atoms with Crippen LogP contribution in [0.4, 0.5) is 11.4 Å². The lowest BCUT2D eigenvalue weighted by Crippen LogP contribution is -2.31. The highest BCUT2D eigenvalue weighted by molar-refractivity contribution is 6.42. The maximum atomic E-state index is 12.2. The highest BCUT2D eigenvalue weighted by Gasteiger charge is 2.37. The van der Waals surface area contributed by atoms with Gasteiger partial charge in [-0.3, -0.25) is 0 Å². The first-order chi connectivity index (χ1) is 16.4. The fourth-order valence-corrected chi connectivity index (χ4v) is 4.75. The highest BCUT2D eigenvalue weighted by atomic mass is 35.5. The molecule has 0 aliphatic heterocycles. The zero-order valence-corrected chi connectivity index (χ0v) is 20.3. The van der Waals surface area contributed by atoms with Gasteiger partial charge in [0, 0.05) is 23.1 Å². The Hall–Kier alpha value is -3.09. The lowest BCUT2D eigenvalue weighted by molar-refractivity contribution is 0.117. The van der Waals surface area contributed by atoms with Gasteiger partial charge in [0.2, 0.25) is 0 Å². The van der Waals surface area contributed by atoms with Crippen LogP contribution in [0.1, 0.15) is 16.8 Å². The molecule has 0 aliphatic rings. The lowest BCUT2D eigenvalue weighted by Gasteiger charge is -2.30. The van der Waals surface area contributed by atoms with E-state index in [0.29, 0.717) is 43.5 Å². The van der Waals surface area contributed by atoms with Gasteiger partial charge in [0.25, 0.3) is 0 Å². The van der Waals surface area contributed by atoms with Gasteiger partial charge < -0.3 is 15.0 Å².